The molecule has 2 heterocycles. The summed E-state index contributed by atoms with van der Waals surface area (Å²) in [6, 6.07) is 22.3. The summed E-state index contributed by atoms with van der Waals surface area (Å²) in [5.41, 5.74) is 8.89. The molecule has 0 spiro atoms. The van der Waals surface area contributed by atoms with Crippen LogP contribution in [0.15, 0.2) is 126 Å². The molecule has 1 unspecified atom stereocenters. The standard InChI is InChI=1S/C66H87N5O14S2/c1-6-39-67-64(79)69-54(63(77)78)36-34-50(72)25-10-15-30-61(74)68-55(44-46-21-8-7-9-22-46)58(73)45-49(62(75)76)31-35-51-47(32-37-59-65(2,3)52-26-11-13-28-56(52)70(59)40-16-18-42-86(80,81)82)23-20-24-48(51)33-38-60-66(4,5)53-27-12-14-29-57(53)71(60)41-17-19-43-87(83,84)85/h7-9,11-14,21-22,26-29,32-33,37-38,49,54-55H,6,10,15-20,23-25,30-31,34-36,39-45H2,1-5H3,(H6-,67,68,69,74,75,76,77,78,79,80,81,82,83,84,85)/p+1/t49?,54-,55-/m0/s1. The van der Waals surface area contributed by atoms with Gasteiger partial charge in [-0.05, 0) is 137 Å². The highest BCUT2D eigenvalue weighted by Crippen LogP contribution is 2.48. The molecule has 7 N–H and O–H groups in total. The molecule has 0 radical (unpaired) electrons. The molecule has 0 saturated carbocycles. The smallest absolute Gasteiger partial charge is 0.326 e. The number of hydrogen-bond acceptors (Lipinski definition) is 11. The molecule has 21 heteroatoms. The average molecular weight is 1240 g/mol. The number of Topliss-reactive ketones (excluding diaryl/α,β-unsaturated/α-hetero) is 2. The van der Waals surface area contributed by atoms with Gasteiger partial charge in [-0.1, -0.05) is 99.7 Å². The maximum absolute atomic E-state index is 14.5. The van der Waals surface area contributed by atoms with Crippen molar-refractivity contribution in [3.63, 3.8) is 0 Å². The predicted octanol–water partition coefficient (Wildman–Crippen LogP) is 10.3. The van der Waals surface area contributed by atoms with Gasteiger partial charge in [0.15, 0.2) is 11.5 Å². The number of carboxylic acid groups (broad SMARTS) is 2. The van der Waals surface area contributed by atoms with E-state index >= 15 is 0 Å². The van der Waals surface area contributed by atoms with Crippen molar-refractivity contribution >= 4 is 72.8 Å². The number of unbranched alkanes of at least 4 members (excludes halogenated alkanes) is 3. The number of carbonyl (C=O) groups is 6. The molecular formula is C66H88N5O14S2+. The number of nitrogens with one attached hydrogen (secondary N) is 3. The van der Waals surface area contributed by atoms with Crippen LogP contribution in [0.25, 0.3) is 0 Å². The molecule has 1 aliphatic carbocycles. The first-order valence-corrected chi connectivity index (χ1v) is 33.6. The number of urea groups is 1. The van der Waals surface area contributed by atoms with Gasteiger partial charge in [-0.25, -0.2) is 9.59 Å². The van der Waals surface area contributed by atoms with Gasteiger partial charge >= 0.3 is 18.0 Å². The molecule has 3 aromatic carbocycles. The fourth-order valence-corrected chi connectivity index (χ4v) is 13.2. The largest absolute Gasteiger partial charge is 0.481 e. The van der Waals surface area contributed by atoms with Crippen LogP contribution in [0.4, 0.5) is 16.2 Å². The Hall–Kier alpha value is -7.07. The second kappa shape index (κ2) is 31.7. The number of allylic oxidation sites excluding steroid dienone is 8. The van der Waals surface area contributed by atoms with Crippen molar-refractivity contribution in [2.24, 2.45) is 5.92 Å². The van der Waals surface area contributed by atoms with E-state index in [9.17, 15) is 64.9 Å². The summed E-state index contributed by atoms with van der Waals surface area (Å²) >= 11 is 0. The van der Waals surface area contributed by atoms with Crippen LogP contribution in [-0.4, -0.2) is 125 Å². The zero-order chi connectivity index (χ0) is 63.5. The number of fused-ring (bicyclic) bond motifs is 2. The second-order valence-electron chi connectivity index (χ2n) is 24.0. The summed E-state index contributed by atoms with van der Waals surface area (Å²) in [6.07, 6.45) is 13.3. The summed E-state index contributed by atoms with van der Waals surface area (Å²) in [7, 11) is -8.29. The van der Waals surface area contributed by atoms with Gasteiger partial charge in [-0.3, -0.25) is 28.3 Å². The van der Waals surface area contributed by atoms with Crippen molar-refractivity contribution in [3.8, 4) is 0 Å². The minimum absolute atomic E-state index is 0.0237. The Morgan fingerprint density at radius 1 is 0.690 bits per heavy atom. The van der Waals surface area contributed by atoms with Gasteiger partial charge in [0.2, 0.25) is 11.6 Å². The molecule has 87 heavy (non-hydrogen) atoms. The Balaban J connectivity index is 1.27. The zero-order valence-corrected chi connectivity index (χ0v) is 52.5. The summed E-state index contributed by atoms with van der Waals surface area (Å²) in [6.45, 7) is 11.8. The molecule has 3 atom stereocenters. The number of anilines is 1. The molecule has 3 amide bonds. The minimum Gasteiger partial charge on any atom is -0.481 e. The number of hydrogen-bond donors (Lipinski definition) is 7. The summed E-state index contributed by atoms with van der Waals surface area (Å²) in [4.78, 5) is 80.2. The van der Waals surface area contributed by atoms with Gasteiger partial charge in [0.25, 0.3) is 20.2 Å². The van der Waals surface area contributed by atoms with Gasteiger partial charge in [0.1, 0.15) is 18.4 Å². The average Bonchev–Trinajstić information content (AvgIpc) is 1.63. The molecule has 0 fully saturated rings. The number of amides is 3. The lowest BCUT2D eigenvalue weighted by Crippen LogP contribution is -2.46. The van der Waals surface area contributed by atoms with Crippen molar-refractivity contribution < 1.29 is 69.5 Å². The highest BCUT2D eigenvalue weighted by Gasteiger charge is 2.44. The SMILES string of the molecule is CCCNC(=O)N[C@@H](CCC(=O)CCCCC(=O)N[C@@H](Cc1ccccc1)C(=O)CC(CCC1=C(C=CC2=[N+](CCCCS(=O)(=O)O)c3ccccc3C2(C)C)CCCC1=CC=C1N(CCCCS(=O)(=O)O)c2ccccc2C1(C)C)C(=O)O)C(=O)O. The Labute approximate surface area is 513 Å². The lowest BCUT2D eigenvalue weighted by Gasteiger charge is -2.28. The van der Waals surface area contributed by atoms with Gasteiger partial charge in [-0.2, -0.15) is 21.4 Å². The third kappa shape index (κ3) is 20.2. The number of rotatable bonds is 35. The lowest BCUT2D eigenvalue weighted by molar-refractivity contribution is -0.438. The Kier molecular flexibility index (Phi) is 25.2. The van der Waals surface area contributed by atoms with Crippen molar-refractivity contribution in [1.82, 2.24) is 16.0 Å². The number of nitrogens with zero attached hydrogens (tertiary/aromatic N) is 2. The number of ketones is 2. The van der Waals surface area contributed by atoms with E-state index in [1.807, 2.05) is 73.7 Å². The zero-order valence-electron chi connectivity index (χ0n) is 50.9. The Morgan fingerprint density at radius 2 is 1.34 bits per heavy atom. The van der Waals surface area contributed by atoms with Crippen molar-refractivity contribution in [2.45, 2.75) is 173 Å². The van der Waals surface area contributed by atoms with Crippen LogP contribution in [0.3, 0.4) is 0 Å². The van der Waals surface area contributed by atoms with E-state index in [4.69, 9.17) is 0 Å². The topological polar surface area (TPSA) is 294 Å². The summed E-state index contributed by atoms with van der Waals surface area (Å²) in [5.74, 6) is -5.39. The van der Waals surface area contributed by atoms with Crippen molar-refractivity contribution in [2.75, 3.05) is 36.0 Å². The van der Waals surface area contributed by atoms with Crippen LogP contribution >= 0.6 is 0 Å². The first-order valence-electron chi connectivity index (χ1n) is 30.4. The fourth-order valence-electron chi connectivity index (χ4n) is 12.0. The molecule has 472 valence electrons. The maximum atomic E-state index is 14.5. The number of carbonyl (C=O) groups excluding carboxylic acids is 4. The number of para-hydroxylation sites is 2. The van der Waals surface area contributed by atoms with E-state index < -0.39 is 78.7 Å². The molecule has 6 rings (SSSR count). The van der Waals surface area contributed by atoms with E-state index in [2.05, 4.69) is 89.6 Å². The monoisotopic (exact) mass is 1240 g/mol. The normalized spacial score (nSPS) is 17.5. The Bertz CT molecular complexity index is 3360. The summed E-state index contributed by atoms with van der Waals surface area (Å²) in [5, 5.41) is 28.3. The van der Waals surface area contributed by atoms with Crippen LogP contribution in [0, 0.1) is 5.92 Å². The van der Waals surface area contributed by atoms with Crippen molar-refractivity contribution in [1.29, 1.82) is 0 Å². The van der Waals surface area contributed by atoms with Crippen molar-refractivity contribution in [3.05, 3.63) is 142 Å². The van der Waals surface area contributed by atoms with Crippen LogP contribution in [0.2, 0.25) is 0 Å². The van der Waals surface area contributed by atoms with Crippen LogP contribution in [0.1, 0.15) is 160 Å². The molecule has 19 nitrogen and oxygen atoms in total. The summed E-state index contributed by atoms with van der Waals surface area (Å²) < 4.78 is 67.9. The van der Waals surface area contributed by atoms with Gasteiger partial charge in [0, 0.05) is 79.7 Å². The quantitative estimate of drug-likeness (QED) is 0.0164. The van der Waals surface area contributed by atoms with Crippen LogP contribution in [-0.2, 0) is 61.5 Å². The molecule has 3 aliphatic rings. The molecule has 2 aliphatic heterocycles. The first kappa shape index (κ1) is 69.0. The lowest BCUT2D eigenvalue weighted by atomic mass is 9.79. The molecule has 0 saturated heterocycles. The highest BCUT2D eigenvalue weighted by molar-refractivity contribution is 7.86. The fraction of sp³-hybridized carbons (Fsp3) is 0.500. The van der Waals surface area contributed by atoms with Crippen LogP contribution < -0.4 is 20.9 Å². The third-order valence-corrected chi connectivity index (χ3v) is 18.3. The van der Waals surface area contributed by atoms with E-state index in [1.165, 1.54) is 0 Å². The number of aliphatic carboxylic acids is 2. The number of carboxylic acids is 2. The number of benzene rings is 3. The predicted molar refractivity (Wildman–Crippen MR) is 337 cm³/mol. The first-order chi connectivity index (χ1) is 41.2. The molecule has 0 aromatic heterocycles. The second-order valence-corrected chi connectivity index (χ2v) is 27.2. The highest BCUT2D eigenvalue weighted by atomic mass is 32.2. The van der Waals surface area contributed by atoms with E-state index in [1.54, 1.807) is 0 Å². The van der Waals surface area contributed by atoms with Gasteiger partial charge in [0.05, 0.1) is 28.9 Å². The van der Waals surface area contributed by atoms with E-state index in [0.717, 1.165) is 62.6 Å². The molecule has 0 bridgehead atoms. The Morgan fingerprint density at radius 3 is 2.02 bits per heavy atom. The minimum atomic E-state index is -4.14. The maximum Gasteiger partial charge on any atom is 0.326 e. The van der Waals surface area contributed by atoms with Crippen LogP contribution in [0.5, 0.6) is 0 Å². The molecule has 3 aromatic rings. The van der Waals surface area contributed by atoms with Gasteiger partial charge in [-0.15, -0.1) is 0 Å². The van der Waals surface area contributed by atoms with E-state index in [0.29, 0.717) is 58.2 Å². The van der Waals surface area contributed by atoms with Gasteiger partial charge < -0.3 is 31.1 Å². The molecular weight excluding hydrogens is 1150 g/mol. The third-order valence-electron chi connectivity index (χ3n) is 16.7. The van der Waals surface area contributed by atoms with E-state index in [-0.39, 0.29) is 87.9 Å².